The largest absolute Gasteiger partial charge is 0.354 e. The molecule has 1 unspecified atom stereocenters. The predicted octanol–water partition coefficient (Wildman–Crippen LogP) is 4.22. The zero-order valence-corrected chi connectivity index (χ0v) is 12.8. The molecule has 1 aromatic carbocycles. The van der Waals surface area contributed by atoms with Gasteiger partial charge in [0.15, 0.2) is 0 Å². The Morgan fingerprint density at radius 3 is 2.42 bits per heavy atom. The van der Waals surface area contributed by atoms with Crippen molar-refractivity contribution >= 4 is 16.5 Å². The van der Waals surface area contributed by atoms with Gasteiger partial charge in [0, 0.05) is 6.42 Å². The highest BCUT2D eigenvalue weighted by Gasteiger charge is 2.10. The lowest BCUT2D eigenvalue weighted by Crippen LogP contribution is -2.06. The Morgan fingerprint density at radius 2 is 1.79 bits per heavy atom. The van der Waals surface area contributed by atoms with Gasteiger partial charge in [-0.15, -0.1) is 10.2 Å². The molecule has 0 aliphatic rings. The third-order valence-electron chi connectivity index (χ3n) is 2.97. The van der Waals surface area contributed by atoms with E-state index in [9.17, 15) is 0 Å². The van der Waals surface area contributed by atoms with Crippen LogP contribution in [-0.4, -0.2) is 10.2 Å². The van der Waals surface area contributed by atoms with Crippen molar-refractivity contribution in [1.29, 1.82) is 0 Å². The molecule has 4 heteroatoms. The maximum absolute atomic E-state index is 4.22. The Kier molecular flexibility index (Phi) is 4.53. The van der Waals surface area contributed by atoms with Crippen LogP contribution in [0.3, 0.4) is 0 Å². The van der Waals surface area contributed by atoms with Gasteiger partial charge in [-0.05, 0) is 25.3 Å². The van der Waals surface area contributed by atoms with Crippen LogP contribution in [0.1, 0.15) is 42.9 Å². The zero-order valence-electron chi connectivity index (χ0n) is 12.0. The summed E-state index contributed by atoms with van der Waals surface area (Å²) >= 11 is 1.65. The van der Waals surface area contributed by atoms with Gasteiger partial charge in [0.1, 0.15) is 5.01 Å². The second-order valence-corrected chi connectivity index (χ2v) is 6.44. The van der Waals surface area contributed by atoms with E-state index >= 15 is 0 Å². The van der Waals surface area contributed by atoms with Gasteiger partial charge in [0.25, 0.3) is 0 Å². The van der Waals surface area contributed by atoms with Crippen LogP contribution in [0.2, 0.25) is 0 Å². The number of hydrogen-bond donors (Lipinski definition) is 1. The minimum atomic E-state index is 0.250. The van der Waals surface area contributed by atoms with E-state index in [4.69, 9.17) is 0 Å². The third-order valence-corrected chi connectivity index (χ3v) is 3.84. The average molecular weight is 275 g/mol. The number of nitrogens with one attached hydrogen (secondary N) is 1. The molecule has 0 saturated heterocycles. The molecular formula is C15H21N3S. The van der Waals surface area contributed by atoms with Gasteiger partial charge in [0.05, 0.1) is 6.04 Å². The molecule has 0 aliphatic heterocycles. The van der Waals surface area contributed by atoms with Crippen LogP contribution in [0.5, 0.6) is 0 Å². The van der Waals surface area contributed by atoms with E-state index in [0.29, 0.717) is 5.92 Å². The van der Waals surface area contributed by atoms with Gasteiger partial charge >= 0.3 is 0 Å². The molecule has 2 rings (SSSR count). The van der Waals surface area contributed by atoms with Crippen molar-refractivity contribution in [3.05, 3.63) is 40.4 Å². The molecule has 0 fully saturated rings. The molecule has 0 saturated carbocycles. The number of rotatable bonds is 5. The molecule has 1 N–H and O–H groups in total. The summed E-state index contributed by atoms with van der Waals surface area (Å²) in [5, 5.41) is 13.9. The maximum Gasteiger partial charge on any atom is 0.206 e. The van der Waals surface area contributed by atoms with Gasteiger partial charge in [0.2, 0.25) is 5.13 Å². The first-order valence-corrected chi connectivity index (χ1v) is 7.51. The standard InChI is InChI=1S/C15H21N3S/c1-10(2)9-14-17-18-15(19-14)16-12(4)13-7-5-11(3)6-8-13/h5-8,10,12H,9H2,1-4H3,(H,16,18). The average Bonchev–Trinajstić information content (AvgIpc) is 2.76. The highest BCUT2D eigenvalue weighted by Crippen LogP contribution is 2.23. The molecule has 0 spiro atoms. The molecule has 0 amide bonds. The number of aryl methyl sites for hydroxylation is 1. The van der Waals surface area contributed by atoms with E-state index in [1.807, 2.05) is 0 Å². The van der Waals surface area contributed by atoms with Gasteiger partial charge in [-0.2, -0.15) is 0 Å². The lowest BCUT2D eigenvalue weighted by molar-refractivity contribution is 0.640. The number of benzene rings is 1. The highest BCUT2D eigenvalue weighted by molar-refractivity contribution is 7.15. The zero-order chi connectivity index (χ0) is 13.8. The van der Waals surface area contributed by atoms with Crippen molar-refractivity contribution in [2.75, 3.05) is 5.32 Å². The summed E-state index contributed by atoms with van der Waals surface area (Å²) in [6, 6.07) is 8.84. The first kappa shape index (κ1) is 14.0. The Bertz CT molecular complexity index is 516. The fraction of sp³-hybridized carbons (Fsp3) is 0.467. The van der Waals surface area contributed by atoms with E-state index in [-0.39, 0.29) is 6.04 Å². The molecule has 2 aromatic rings. The molecule has 1 atom stereocenters. The molecule has 19 heavy (non-hydrogen) atoms. The van der Waals surface area contributed by atoms with Crippen LogP contribution >= 0.6 is 11.3 Å². The van der Waals surface area contributed by atoms with Crippen LogP contribution in [0, 0.1) is 12.8 Å². The van der Waals surface area contributed by atoms with E-state index in [1.165, 1.54) is 11.1 Å². The molecule has 0 bridgehead atoms. The molecule has 0 radical (unpaired) electrons. The maximum atomic E-state index is 4.22. The van der Waals surface area contributed by atoms with Crippen molar-refractivity contribution in [2.24, 2.45) is 5.92 Å². The van der Waals surface area contributed by atoms with Crippen LogP contribution < -0.4 is 5.32 Å². The van der Waals surface area contributed by atoms with Gasteiger partial charge in [-0.3, -0.25) is 0 Å². The lowest BCUT2D eigenvalue weighted by Gasteiger charge is -2.12. The SMILES string of the molecule is Cc1ccc(C(C)Nc2nnc(CC(C)C)s2)cc1. The van der Waals surface area contributed by atoms with Gasteiger partial charge in [-0.25, -0.2) is 0 Å². The summed E-state index contributed by atoms with van der Waals surface area (Å²) in [5.74, 6) is 0.621. The van der Waals surface area contributed by atoms with Crippen LogP contribution in [0.15, 0.2) is 24.3 Å². The molecular weight excluding hydrogens is 254 g/mol. The van der Waals surface area contributed by atoms with Crippen LogP contribution in [0.4, 0.5) is 5.13 Å². The number of anilines is 1. The monoisotopic (exact) mass is 275 g/mol. The van der Waals surface area contributed by atoms with E-state index < -0.39 is 0 Å². The molecule has 102 valence electrons. The van der Waals surface area contributed by atoms with Crippen LogP contribution in [-0.2, 0) is 6.42 Å². The predicted molar refractivity (Wildman–Crippen MR) is 81.7 cm³/mol. The second-order valence-electron chi connectivity index (χ2n) is 5.38. The van der Waals surface area contributed by atoms with Crippen molar-refractivity contribution in [2.45, 2.75) is 40.2 Å². The number of nitrogens with zero attached hydrogens (tertiary/aromatic N) is 2. The van der Waals surface area contributed by atoms with Crippen molar-refractivity contribution < 1.29 is 0 Å². The summed E-state index contributed by atoms with van der Waals surface area (Å²) in [4.78, 5) is 0. The summed E-state index contributed by atoms with van der Waals surface area (Å²) < 4.78 is 0. The second kappa shape index (κ2) is 6.15. The van der Waals surface area contributed by atoms with Crippen molar-refractivity contribution in [1.82, 2.24) is 10.2 Å². The molecule has 1 heterocycles. The van der Waals surface area contributed by atoms with Gasteiger partial charge in [-0.1, -0.05) is 55.0 Å². The summed E-state index contributed by atoms with van der Waals surface area (Å²) in [5.41, 5.74) is 2.55. The quantitative estimate of drug-likeness (QED) is 0.888. The fourth-order valence-corrected chi connectivity index (χ4v) is 2.91. The third kappa shape index (κ3) is 4.03. The van der Waals surface area contributed by atoms with Gasteiger partial charge < -0.3 is 5.32 Å². The smallest absolute Gasteiger partial charge is 0.206 e. The minimum absolute atomic E-state index is 0.250. The number of hydrogen-bond acceptors (Lipinski definition) is 4. The normalized spacial score (nSPS) is 12.7. The number of aromatic nitrogens is 2. The Balaban J connectivity index is 2.00. The first-order chi connectivity index (χ1) is 9.04. The Hall–Kier alpha value is -1.42. The van der Waals surface area contributed by atoms with Crippen LogP contribution in [0.25, 0.3) is 0 Å². The Labute approximate surface area is 119 Å². The molecule has 3 nitrogen and oxygen atoms in total. The van der Waals surface area contributed by atoms with Crippen molar-refractivity contribution in [3.8, 4) is 0 Å². The van der Waals surface area contributed by atoms with E-state index in [1.54, 1.807) is 11.3 Å². The summed E-state index contributed by atoms with van der Waals surface area (Å²) in [6.07, 6.45) is 0.998. The highest BCUT2D eigenvalue weighted by atomic mass is 32.1. The van der Waals surface area contributed by atoms with Crippen molar-refractivity contribution in [3.63, 3.8) is 0 Å². The molecule has 1 aromatic heterocycles. The van der Waals surface area contributed by atoms with E-state index in [2.05, 4.69) is 67.5 Å². The summed E-state index contributed by atoms with van der Waals surface area (Å²) in [6.45, 7) is 8.64. The first-order valence-electron chi connectivity index (χ1n) is 6.70. The van der Waals surface area contributed by atoms with E-state index in [0.717, 1.165) is 16.6 Å². The molecule has 0 aliphatic carbocycles. The lowest BCUT2D eigenvalue weighted by atomic mass is 10.1. The Morgan fingerprint density at radius 1 is 1.11 bits per heavy atom. The fourth-order valence-electron chi connectivity index (χ4n) is 1.87. The minimum Gasteiger partial charge on any atom is -0.354 e. The topological polar surface area (TPSA) is 37.8 Å². The summed E-state index contributed by atoms with van der Waals surface area (Å²) in [7, 11) is 0.